The Hall–Kier alpha value is -1.92. The number of hydrogen-bond acceptors (Lipinski definition) is 6. The molecule has 6 heteroatoms. The van der Waals surface area contributed by atoms with Gasteiger partial charge in [0.2, 0.25) is 0 Å². The third kappa shape index (κ3) is 35.2. The number of esters is 2. The van der Waals surface area contributed by atoms with Crippen molar-refractivity contribution in [3.05, 3.63) is 36.5 Å². The van der Waals surface area contributed by atoms with Crippen LogP contribution >= 0.6 is 0 Å². The highest BCUT2D eigenvalue weighted by atomic mass is 16.6. The molecule has 0 saturated carbocycles. The van der Waals surface area contributed by atoms with E-state index in [-0.39, 0.29) is 19.0 Å². The molecule has 2 atom stereocenters. The van der Waals surface area contributed by atoms with Gasteiger partial charge in [-0.05, 0) is 38.5 Å². The number of hydrogen-bond donors (Lipinski definition) is 2. The summed E-state index contributed by atoms with van der Waals surface area (Å²) < 4.78 is 10.5. The summed E-state index contributed by atoms with van der Waals surface area (Å²) in [5, 5.41) is 19.7. The lowest BCUT2D eigenvalue weighted by Gasteiger charge is -2.16. The lowest BCUT2D eigenvalue weighted by molar-refractivity contribution is -0.161. The minimum absolute atomic E-state index is 0.133. The van der Waals surface area contributed by atoms with Crippen LogP contribution in [0.25, 0.3) is 0 Å². The number of rotatable bonds is 35. The number of ether oxygens (including phenoxy) is 2. The molecule has 0 aromatic carbocycles. The first-order valence-corrected chi connectivity index (χ1v) is 19.7. The second-order valence-corrected chi connectivity index (χ2v) is 13.2. The molecule has 2 N–H and O–H groups in total. The molecule has 0 aromatic heterocycles. The van der Waals surface area contributed by atoms with Gasteiger partial charge in [-0.15, -0.1) is 0 Å². The molecule has 0 aromatic rings. The van der Waals surface area contributed by atoms with Gasteiger partial charge in [-0.1, -0.05) is 172 Å². The molecule has 0 rings (SSSR count). The minimum atomic E-state index is -0.859. The average molecular weight is 663 g/mol. The third-order valence-corrected chi connectivity index (χ3v) is 8.54. The number of aliphatic hydroxyl groups excluding tert-OH is 2. The van der Waals surface area contributed by atoms with Gasteiger partial charge in [0.05, 0.1) is 12.7 Å². The summed E-state index contributed by atoms with van der Waals surface area (Å²) in [6, 6.07) is 0. The zero-order valence-electron chi connectivity index (χ0n) is 30.7. The van der Waals surface area contributed by atoms with Gasteiger partial charge in [-0.2, -0.15) is 0 Å². The number of aliphatic hydroxyl groups is 2. The van der Waals surface area contributed by atoms with E-state index in [9.17, 15) is 19.8 Å². The maximum Gasteiger partial charge on any atom is 0.306 e. The van der Waals surface area contributed by atoms with Crippen molar-refractivity contribution < 1.29 is 29.3 Å². The summed E-state index contributed by atoms with van der Waals surface area (Å²) in [6.45, 7) is 3.97. The molecule has 0 heterocycles. The molecule has 0 amide bonds. The first-order chi connectivity index (χ1) is 23.0. The van der Waals surface area contributed by atoms with E-state index in [2.05, 4.69) is 32.1 Å². The molecular weight excluding hydrogens is 588 g/mol. The van der Waals surface area contributed by atoms with Crippen molar-refractivity contribution in [2.45, 2.75) is 199 Å². The van der Waals surface area contributed by atoms with Crippen LogP contribution in [0.1, 0.15) is 187 Å². The molecule has 0 aliphatic rings. The lowest BCUT2D eigenvalue weighted by atomic mass is 10.0. The quantitative estimate of drug-likeness (QED) is 0.0304. The van der Waals surface area contributed by atoms with Crippen LogP contribution < -0.4 is 0 Å². The summed E-state index contributed by atoms with van der Waals surface area (Å²) in [7, 11) is 0. The smallest absolute Gasteiger partial charge is 0.306 e. The summed E-state index contributed by atoms with van der Waals surface area (Å²) >= 11 is 0. The van der Waals surface area contributed by atoms with Crippen LogP contribution in [0.4, 0.5) is 0 Å². The number of allylic oxidation sites excluding steroid dienone is 5. The molecular formula is C41H74O6. The Morgan fingerprint density at radius 1 is 0.596 bits per heavy atom. The Kier molecular flexibility index (Phi) is 35.4. The molecule has 274 valence electrons. The number of unbranched alkanes of at least 4 members (excludes halogenated alkanes) is 20. The van der Waals surface area contributed by atoms with E-state index in [0.717, 1.165) is 32.1 Å². The first kappa shape index (κ1) is 45.1. The molecule has 47 heavy (non-hydrogen) atoms. The van der Waals surface area contributed by atoms with Gasteiger partial charge in [0, 0.05) is 12.8 Å². The second-order valence-electron chi connectivity index (χ2n) is 13.2. The fraction of sp³-hybridized carbons (Fsp3) is 0.805. The Balaban J connectivity index is 3.73. The van der Waals surface area contributed by atoms with Crippen molar-refractivity contribution in [2.75, 3.05) is 13.2 Å². The third-order valence-electron chi connectivity index (χ3n) is 8.54. The van der Waals surface area contributed by atoms with E-state index in [1.807, 2.05) is 12.2 Å². The van der Waals surface area contributed by atoms with E-state index in [1.165, 1.54) is 116 Å². The molecule has 0 bridgehead atoms. The van der Waals surface area contributed by atoms with Crippen molar-refractivity contribution in [3.63, 3.8) is 0 Å². The predicted octanol–water partition coefficient (Wildman–Crippen LogP) is 11.0. The van der Waals surface area contributed by atoms with Crippen molar-refractivity contribution >= 4 is 11.9 Å². The highest BCUT2D eigenvalue weighted by Crippen LogP contribution is 2.14. The largest absolute Gasteiger partial charge is 0.462 e. The Labute approximate surface area is 289 Å². The van der Waals surface area contributed by atoms with Gasteiger partial charge >= 0.3 is 11.9 Å². The first-order valence-electron chi connectivity index (χ1n) is 19.7. The monoisotopic (exact) mass is 663 g/mol. The van der Waals surface area contributed by atoms with Crippen LogP contribution in [0.3, 0.4) is 0 Å². The second kappa shape index (κ2) is 36.9. The molecule has 1 unspecified atom stereocenters. The van der Waals surface area contributed by atoms with Crippen LogP contribution in [-0.4, -0.2) is 47.6 Å². The molecule has 0 fully saturated rings. The van der Waals surface area contributed by atoms with Crippen LogP contribution in [-0.2, 0) is 19.1 Å². The molecule has 0 aliphatic heterocycles. The van der Waals surface area contributed by atoms with E-state index < -0.39 is 24.8 Å². The molecule has 6 nitrogen and oxygen atoms in total. The minimum Gasteiger partial charge on any atom is -0.462 e. The van der Waals surface area contributed by atoms with Crippen molar-refractivity contribution in [1.29, 1.82) is 0 Å². The predicted molar refractivity (Wildman–Crippen MR) is 197 cm³/mol. The zero-order chi connectivity index (χ0) is 34.5. The average Bonchev–Trinajstić information content (AvgIpc) is 3.06. The molecule has 0 saturated heterocycles. The van der Waals surface area contributed by atoms with Gasteiger partial charge in [-0.25, -0.2) is 0 Å². The maximum atomic E-state index is 12.2. The normalized spacial score (nSPS) is 13.2. The Bertz CT molecular complexity index is 774. The van der Waals surface area contributed by atoms with Crippen molar-refractivity contribution in [2.24, 2.45) is 0 Å². The van der Waals surface area contributed by atoms with Crippen molar-refractivity contribution in [1.82, 2.24) is 0 Å². The van der Waals surface area contributed by atoms with Crippen LogP contribution in [0.15, 0.2) is 36.5 Å². The van der Waals surface area contributed by atoms with Gasteiger partial charge in [0.25, 0.3) is 0 Å². The Morgan fingerprint density at radius 3 is 1.66 bits per heavy atom. The van der Waals surface area contributed by atoms with Crippen LogP contribution in [0.2, 0.25) is 0 Å². The summed E-state index contributed by atoms with van der Waals surface area (Å²) in [6.07, 6.45) is 40.9. The maximum absolute atomic E-state index is 12.2. The fourth-order valence-corrected chi connectivity index (χ4v) is 5.50. The van der Waals surface area contributed by atoms with E-state index in [0.29, 0.717) is 19.3 Å². The summed E-state index contributed by atoms with van der Waals surface area (Å²) in [4.78, 5) is 24.2. The molecule has 0 radical (unpaired) electrons. The summed E-state index contributed by atoms with van der Waals surface area (Å²) in [5.41, 5.74) is 0. The van der Waals surface area contributed by atoms with E-state index >= 15 is 0 Å². The number of carbonyl (C=O) groups excluding carboxylic acids is 2. The lowest BCUT2D eigenvalue weighted by Crippen LogP contribution is -2.28. The van der Waals surface area contributed by atoms with E-state index in [4.69, 9.17) is 9.47 Å². The van der Waals surface area contributed by atoms with Crippen LogP contribution in [0.5, 0.6) is 0 Å². The van der Waals surface area contributed by atoms with Crippen molar-refractivity contribution in [3.8, 4) is 0 Å². The Morgan fingerprint density at radius 2 is 1.11 bits per heavy atom. The van der Waals surface area contributed by atoms with Gasteiger partial charge in [0.15, 0.2) is 6.10 Å². The molecule has 0 spiro atoms. The molecule has 0 aliphatic carbocycles. The zero-order valence-corrected chi connectivity index (χ0v) is 30.7. The highest BCUT2D eigenvalue weighted by molar-refractivity contribution is 5.70. The van der Waals surface area contributed by atoms with Gasteiger partial charge in [0.1, 0.15) is 6.61 Å². The topological polar surface area (TPSA) is 93.1 Å². The summed E-state index contributed by atoms with van der Waals surface area (Å²) in [5.74, 6) is -0.784. The standard InChI is InChI=1S/C41H74O6/c1-3-5-7-9-11-13-15-17-18-20-22-24-26-28-30-34-40(44)46-37-39(36-42)47-41(45)35-31-33-38(43)32-29-27-25-23-21-19-16-14-12-10-8-6-4-2/h19,21,25,27,29,32,38-39,42-43H,3-18,20,22-24,26,28,30-31,33-37H2,1-2H3/b21-19+,27-25+,32-29+/t38?,39-/m0/s1. The van der Waals surface area contributed by atoms with Gasteiger partial charge in [-0.3, -0.25) is 9.59 Å². The number of carbonyl (C=O) groups is 2. The highest BCUT2D eigenvalue weighted by Gasteiger charge is 2.16. The van der Waals surface area contributed by atoms with E-state index in [1.54, 1.807) is 6.08 Å². The van der Waals surface area contributed by atoms with Crippen LogP contribution in [0, 0.1) is 0 Å². The van der Waals surface area contributed by atoms with Gasteiger partial charge < -0.3 is 19.7 Å². The fourth-order valence-electron chi connectivity index (χ4n) is 5.50. The SMILES string of the molecule is CCCCCCCC/C=C/C/C=C/C=C/C(O)CCCC(=O)O[C@@H](CO)COC(=O)CCCCCCCCCCCCCCCCC.